The third-order valence-corrected chi connectivity index (χ3v) is 3.16. The van der Waals surface area contributed by atoms with Crippen LogP contribution in [0.3, 0.4) is 0 Å². The summed E-state index contributed by atoms with van der Waals surface area (Å²) in [5, 5.41) is 0. The molecule has 0 aliphatic carbocycles. The van der Waals surface area contributed by atoms with Gasteiger partial charge in [-0.1, -0.05) is 30.3 Å². The summed E-state index contributed by atoms with van der Waals surface area (Å²) in [7, 11) is 0. The fourth-order valence-electron chi connectivity index (χ4n) is 2.24. The highest BCUT2D eigenvalue weighted by molar-refractivity contribution is 5.67. The molecule has 1 aromatic carbocycles. The second-order valence-corrected chi connectivity index (χ2v) is 4.44. The van der Waals surface area contributed by atoms with Gasteiger partial charge in [0, 0.05) is 13.1 Å². The maximum atomic E-state index is 13.3. The molecular formula is C14H16F3NO. The molecule has 2 rings (SSSR count). The zero-order valence-corrected chi connectivity index (χ0v) is 10.7. The zero-order chi connectivity index (χ0) is 13.9. The SMILES string of the molecule is C/C(=C(/N1CCOCC1)C(F)(F)F)c1ccccc1. The topological polar surface area (TPSA) is 12.5 Å². The van der Waals surface area contributed by atoms with Gasteiger partial charge in [0.05, 0.1) is 13.2 Å². The first kappa shape index (κ1) is 13.9. The summed E-state index contributed by atoms with van der Waals surface area (Å²) in [6.07, 6.45) is -4.35. The second kappa shape index (κ2) is 5.65. The molecule has 1 aliphatic heterocycles. The van der Waals surface area contributed by atoms with E-state index in [0.717, 1.165) is 0 Å². The number of alkyl halides is 3. The van der Waals surface area contributed by atoms with E-state index in [2.05, 4.69) is 0 Å². The van der Waals surface area contributed by atoms with E-state index >= 15 is 0 Å². The smallest absolute Gasteiger partial charge is 0.378 e. The number of ether oxygens (including phenoxy) is 1. The summed E-state index contributed by atoms with van der Waals surface area (Å²) in [4.78, 5) is 1.37. The minimum atomic E-state index is -4.35. The lowest BCUT2D eigenvalue weighted by Crippen LogP contribution is -2.40. The lowest BCUT2D eigenvalue weighted by Gasteiger charge is -2.33. The first-order chi connectivity index (χ1) is 9.00. The van der Waals surface area contributed by atoms with Gasteiger partial charge in [-0.15, -0.1) is 0 Å². The molecular weight excluding hydrogens is 255 g/mol. The van der Waals surface area contributed by atoms with E-state index in [9.17, 15) is 13.2 Å². The molecule has 2 nitrogen and oxygen atoms in total. The Labute approximate surface area is 110 Å². The first-order valence-electron chi connectivity index (χ1n) is 6.16. The van der Waals surface area contributed by atoms with E-state index in [-0.39, 0.29) is 18.7 Å². The number of hydrogen-bond donors (Lipinski definition) is 0. The molecule has 1 saturated heterocycles. The summed E-state index contributed by atoms with van der Waals surface area (Å²) in [6.45, 7) is 2.74. The van der Waals surface area contributed by atoms with E-state index in [0.29, 0.717) is 18.8 Å². The van der Waals surface area contributed by atoms with Crippen molar-refractivity contribution >= 4 is 5.57 Å². The summed E-state index contributed by atoms with van der Waals surface area (Å²) in [5.41, 5.74) is 0.304. The minimum Gasteiger partial charge on any atom is -0.378 e. The van der Waals surface area contributed by atoms with Gasteiger partial charge in [0.1, 0.15) is 5.70 Å². The fourth-order valence-corrected chi connectivity index (χ4v) is 2.24. The monoisotopic (exact) mass is 271 g/mol. The Morgan fingerprint density at radius 2 is 1.68 bits per heavy atom. The lowest BCUT2D eigenvalue weighted by atomic mass is 10.0. The van der Waals surface area contributed by atoms with Crippen molar-refractivity contribution in [3.63, 3.8) is 0 Å². The van der Waals surface area contributed by atoms with Gasteiger partial charge < -0.3 is 9.64 Å². The number of hydrogen-bond acceptors (Lipinski definition) is 2. The third-order valence-electron chi connectivity index (χ3n) is 3.16. The molecule has 104 valence electrons. The van der Waals surface area contributed by atoms with Crippen molar-refractivity contribution in [3.05, 3.63) is 41.6 Å². The largest absolute Gasteiger partial charge is 0.431 e. The van der Waals surface area contributed by atoms with Crippen LogP contribution in [0.2, 0.25) is 0 Å². The summed E-state index contributed by atoms with van der Waals surface area (Å²) >= 11 is 0. The molecule has 0 atom stereocenters. The number of rotatable bonds is 2. The number of morpholine rings is 1. The lowest BCUT2D eigenvalue weighted by molar-refractivity contribution is -0.117. The van der Waals surface area contributed by atoms with Crippen LogP contribution in [0.5, 0.6) is 0 Å². The van der Waals surface area contributed by atoms with Gasteiger partial charge in [-0.25, -0.2) is 0 Å². The Morgan fingerprint density at radius 1 is 1.11 bits per heavy atom. The maximum absolute atomic E-state index is 13.3. The Kier molecular flexibility index (Phi) is 4.14. The van der Waals surface area contributed by atoms with Gasteiger partial charge >= 0.3 is 6.18 Å². The molecule has 5 heteroatoms. The standard InChI is InChI=1S/C14H16F3NO/c1-11(12-5-3-2-4-6-12)13(14(15,16)17)18-7-9-19-10-8-18/h2-6H,7-10H2,1H3/b13-11-. The molecule has 0 radical (unpaired) electrons. The van der Waals surface area contributed by atoms with Crippen LogP contribution in [0.4, 0.5) is 13.2 Å². The number of halogens is 3. The second-order valence-electron chi connectivity index (χ2n) is 4.44. The number of benzene rings is 1. The van der Waals surface area contributed by atoms with Gasteiger partial charge in [-0.05, 0) is 18.1 Å². The number of nitrogens with zero attached hydrogens (tertiary/aromatic N) is 1. The van der Waals surface area contributed by atoms with Crippen molar-refractivity contribution in [1.82, 2.24) is 4.90 Å². The highest BCUT2D eigenvalue weighted by atomic mass is 19.4. The van der Waals surface area contributed by atoms with E-state index in [1.807, 2.05) is 0 Å². The molecule has 0 amide bonds. The highest BCUT2D eigenvalue weighted by Crippen LogP contribution is 2.35. The van der Waals surface area contributed by atoms with E-state index in [4.69, 9.17) is 4.74 Å². The molecule has 0 N–H and O–H groups in total. The Morgan fingerprint density at radius 3 is 2.21 bits per heavy atom. The predicted octanol–water partition coefficient (Wildman–Crippen LogP) is 3.31. The van der Waals surface area contributed by atoms with Crippen LogP contribution in [0.1, 0.15) is 12.5 Å². The van der Waals surface area contributed by atoms with E-state index in [1.54, 1.807) is 30.3 Å². The first-order valence-corrected chi connectivity index (χ1v) is 6.16. The molecule has 0 unspecified atom stereocenters. The van der Waals surface area contributed by atoms with Crippen LogP contribution in [0.25, 0.3) is 5.57 Å². The van der Waals surface area contributed by atoms with Crippen molar-refractivity contribution < 1.29 is 17.9 Å². The van der Waals surface area contributed by atoms with Crippen molar-refractivity contribution in [3.8, 4) is 0 Å². The fraction of sp³-hybridized carbons (Fsp3) is 0.429. The minimum absolute atomic E-state index is 0.259. The average Bonchev–Trinajstić information content (AvgIpc) is 2.39. The van der Waals surface area contributed by atoms with Crippen molar-refractivity contribution in [2.45, 2.75) is 13.1 Å². The molecule has 1 aromatic rings. The summed E-state index contributed by atoms with van der Waals surface area (Å²) in [5.74, 6) is 0. The quantitative estimate of drug-likeness (QED) is 0.818. The van der Waals surface area contributed by atoms with Crippen LogP contribution in [0.15, 0.2) is 36.0 Å². The van der Waals surface area contributed by atoms with Crippen molar-refractivity contribution in [1.29, 1.82) is 0 Å². The van der Waals surface area contributed by atoms with Crippen molar-refractivity contribution in [2.24, 2.45) is 0 Å². The predicted molar refractivity (Wildman–Crippen MR) is 67.5 cm³/mol. The maximum Gasteiger partial charge on any atom is 0.431 e. The Balaban J connectivity index is 2.41. The molecule has 19 heavy (non-hydrogen) atoms. The van der Waals surface area contributed by atoms with Gasteiger partial charge in [0.2, 0.25) is 0 Å². The summed E-state index contributed by atoms with van der Waals surface area (Å²) in [6, 6.07) is 8.67. The van der Waals surface area contributed by atoms with Gasteiger partial charge in [0.15, 0.2) is 0 Å². The normalized spacial score (nSPS) is 18.2. The Hall–Kier alpha value is -1.49. The van der Waals surface area contributed by atoms with Gasteiger partial charge in [0.25, 0.3) is 0 Å². The summed E-state index contributed by atoms with van der Waals surface area (Å²) < 4.78 is 45.0. The van der Waals surface area contributed by atoms with E-state index in [1.165, 1.54) is 11.8 Å². The molecule has 1 fully saturated rings. The van der Waals surface area contributed by atoms with Gasteiger partial charge in [-0.2, -0.15) is 13.2 Å². The highest BCUT2D eigenvalue weighted by Gasteiger charge is 2.39. The van der Waals surface area contributed by atoms with E-state index < -0.39 is 11.9 Å². The molecule has 0 spiro atoms. The molecule has 0 bridgehead atoms. The zero-order valence-electron chi connectivity index (χ0n) is 10.7. The number of allylic oxidation sites excluding steroid dienone is 2. The van der Waals surface area contributed by atoms with Crippen LogP contribution in [-0.2, 0) is 4.74 Å². The third kappa shape index (κ3) is 3.29. The van der Waals surface area contributed by atoms with Crippen LogP contribution >= 0.6 is 0 Å². The average molecular weight is 271 g/mol. The van der Waals surface area contributed by atoms with Crippen molar-refractivity contribution in [2.75, 3.05) is 26.3 Å². The molecule has 1 heterocycles. The van der Waals surface area contributed by atoms with Crippen LogP contribution < -0.4 is 0 Å². The molecule has 1 aliphatic rings. The Bertz CT molecular complexity index is 448. The van der Waals surface area contributed by atoms with Crippen LogP contribution in [0, 0.1) is 0 Å². The van der Waals surface area contributed by atoms with Crippen LogP contribution in [-0.4, -0.2) is 37.4 Å². The molecule has 0 aromatic heterocycles. The van der Waals surface area contributed by atoms with Gasteiger partial charge in [-0.3, -0.25) is 0 Å². The molecule has 0 saturated carbocycles.